The average molecular weight is 324 g/mol. The van der Waals surface area contributed by atoms with Gasteiger partial charge in [0.05, 0.1) is 0 Å². The number of hydrogen-bond donors (Lipinski definition) is 2. The van der Waals surface area contributed by atoms with Crippen molar-refractivity contribution in [3.8, 4) is 0 Å². The van der Waals surface area contributed by atoms with Gasteiger partial charge in [0.2, 0.25) is 0 Å². The normalized spacial score (nSPS) is 18.9. The lowest BCUT2D eigenvalue weighted by Crippen LogP contribution is -2.44. The van der Waals surface area contributed by atoms with Crippen LogP contribution in [0, 0.1) is 0 Å². The molecule has 24 heavy (non-hydrogen) atoms. The molecule has 0 aliphatic carbocycles. The van der Waals surface area contributed by atoms with Gasteiger partial charge in [0.1, 0.15) is 0 Å². The first-order chi connectivity index (χ1) is 11.8. The SMILES string of the molecule is CCN1CCCC1CNC(=NC)NCc1cccc2ccccc12. The highest BCUT2D eigenvalue weighted by Gasteiger charge is 2.22. The molecule has 128 valence electrons. The first kappa shape index (κ1) is 16.8. The van der Waals surface area contributed by atoms with Crippen LogP contribution in [0.25, 0.3) is 10.8 Å². The third-order valence-corrected chi connectivity index (χ3v) is 4.96. The van der Waals surface area contributed by atoms with Crippen LogP contribution in [-0.4, -0.2) is 43.6 Å². The maximum atomic E-state index is 4.37. The van der Waals surface area contributed by atoms with Gasteiger partial charge < -0.3 is 10.6 Å². The number of hydrogen-bond acceptors (Lipinski definition) is 2. The van der Waals surface area contributed by atoms with Gasteiger partial charge in [-0.2, -0.15) is 0 Å². The van der Waals surface area contributed by atoms with Crippen LogP contribution in [-0.2, 0) is 6.54 Å². The molecular formula is C20H28N4. The van der Waals surface area contributed by atoms with E-state index in [9.17, 15) is 0 Å². The Hall–Kier alpha value is -2.07. The molecule has 0 radical (unpaired) electrons. The molecule has 1 atom stereocenters. The number of aliphatic imine (C=N–C) groups is 1. The number of nitrogens with one attached hydrogen (secondary N) is 2. The molecule has 0 spiro atoms. The molecule has 2 aromatic carbocycles. The Morgan fingerprint density at radius 1 is 1.17 bits per heavy atom. The van der Waals surface area contributed by atoms with Crippen LogP contribution in [0.5, 0.6) is 0 Å². The summed E-state index contributed by atoms with van der Waals surface area (Å²) in [5.41, 5.74) is 1.30. The predicted octanol–water partition coefficient (Wildman–Crippen LogP) is 2.99. The van der Waals surface area contributed by atoms with Gasteiger partial charge in [-0.1, -0.05) is 49.4 Å². The van der Waals surface area contributed by atoms with Crippen LogP contribution < -0.4 is 10.6 Å². The van der Waals surface area contributed by atoms with Crippen molar-refractivity contribution in [2.24, 2.45) is 4.99 Å². The molecule has 4 heteroatoms. The van der Waals surface area contributed by atoms with Gasteiger partial charge in [0.15, 0.2) is 5.96 Å². The second kappa shape index (κ2) is 8.15. The fourth-order valence-corrected chi connectivity index (χ4v) is 3.60. The van der Waals surface area contributed by atoms with E-state index in [0.717, 1.165) is 25.6 Å². The Bertz CT molecular complexity index is 690. The number of guanidine groups is 1. The topological polar surface area (TPSA) is 39.7 Å². The van der Waals surface area contributed by atoms with Gasteiger partial charge in [-0.25, -0.2) is 0 Å². The molecule has 2 aromatic rings. The summed E-state index contributed by atoms with van der Waals surface area (Å²) in [5.74, 6) is 0.880. The summed E-state index contributed by atoms with van der Waals surface area (Å²) in [6, 6.07) is 15.6. The van der Waals surface area contributed by atoms with Crippen molar-refractivity contribution in [3.63, 3.8) is 0 Å². The molecule has 1 aliphatic heterocycles. The molecule has 0 saturated carbocycles. The summed E-state index contributed by atoms with van der Waals surface area (Å²) in [7, 11) is 1.84. The summed E-state index contributed by atoms with van der Waals surface area (Å²) < 4.78 is 0. The van der Waals surface area contributed by atoms with Crippen LogP contribution in [0.4, 0.5) is 0 Å². The van der Waals surface area contributed by atoms with Crippen molar-refractivity contribution in [1.82, 2.24) is 15.5 Å². The molecule has 3 rings (SSSR count). The van der Waals surface area contributed by atoms with Crippen molar-refractivity contribution in [1.29, 1.82) is 0 Å². The monoisotopic (exact) mass is 324 g/mol. The third-order valence-electron chi connectivity index (χ3n) is 4.96. The molecular weight excluding hydrogens is 296 g/mol. The van der Waals surface area contributed by atoms with Gasteiger partial charge >= 0.3 is 0 Å². The minimum absolute atomic E-state index is 0.631. The quantitative estimate of drug-likeness (QED) is 0.656. The standard InChI is InChI=1S/C20H28N4/c1-3-24-13-7-11-18(24)15-23-20(21-2)22-14-17-10-6-9-16-8-4-5-12-19(16)17/h4-6,8-10,12,18H,3,7,11,13-15H2,1-2H3,(H2,21,22,23). The molecule has 0 amide bonds. The van der Waals surface area contributed by atoms with E-state index in [4.69, 9.17) is 0 Å². The van der Waals surface area contributed by atoms with Crippen molar-refractivity contribution >= 4 is 16.7 Å². The summed E-state index contributed by atoms with van der Waals surface area (Å²) in [6.07, 6.45) is 2.59. The van der Waals surface area contributed by atoms with E-state index in [-0.39, 0.29) is 0 Å². The first-order valence-electron chi connectivity index (χ1n) is 8.97. The second-order valence-corrected chi connectivity index (χ2v) is 6.37. The summed E-state index contributed by atoms with van der Waals surface area (Å²) in [5, 5.41) is 9.53. The minimum atomic E-state index is 0.631. The highest BCUT2D eigenvalue weighted by molar-refractivity contribution is 5.86. The molecule has 1 saturated heterocycles. The molecule has 4 nitrogen and oxygen atoms in total. The van der Waals surface area contributed by atoms with Gasteiger partial charge in [-0.05, 0) is 42.3 Å². The minimum Gasteiger partial charge on any atom is -0.355 e. The molecule has 2 N–H and O–H groups in total. The highest BCUT2D eigenvalue weighted by Crippen LogP contribution is 2.18. The van der Waals surface area contributed by atoms with Crippen LogP contribution in [0.15, 0.2) is 47.5 Å². The Morgan fingerprint density at radius 2 is 2.00 bits per heavy atom. The zero-order chi connectivity index (χ0) is 16.8. The Balaban J connectivity index is 1.58. The zero-order valence-corrected chi connectivity index (χ0v) is 14.8. The van der Waals surface area contributed by atoms with Crippen LogP contribution in [0.3, 0.4) is 0 Å². The lowest BCUT2D eigenvalue weighted by atomic mass is 10.0. The average Bonchev–Trinajstić information content (AvgIpc) is 3.09. The van der Waals surface area contributed by atoms with Gasteiger partial charge in [-0.3, -0.25) is 9.89 Å². The largest absolute Gasteiger partial charge is 0.355 e. The Labute approximate surface area is 145 Å². The van der Waals surface area contributed by atoms with E-state index in [1.165, 1.54) is 35.7 Å². The van der Waals surface area contributed by atoms with E-state index in [1.807, 2.05) is 7.05 Å². The van der Waals surface area contributed by atoms with E-state index in [2.05, 4.69) is 69.9 Å². The van der Waals surface area contributed by atoms with E-state index >= 15 is 0 Å². The van der Waals surface area contributed by atoms with Crippen LogP contribution in [0.2, 0.25) is 0 Å². The summed E-state index contributed by atoms with van der Waals surface area (Å²) in [6.45, 7) is 6.34. The first-order valence-corrected chi connectivity index (χ1v) is 8.97. The number of rotatable bonds is 5. The van der Waals surface area contributed by atoms with Crippen molar-refractivity contribution in [2.75, 3.05) is 26.7 Å². The number of benzene rings is 2. The maximum absolute atomic E-state index is 4.37. The van der Waals surface area contributed by atoms with Crippen molar-refractivity contribution < 1.29 is 0 Å². The molecule has 1 aliphatic rings. The van der Waals surface area contributed by atoms with E-state index in [0.29, 0.717) is 6.04 Å². The number of likely N-dealkylation sites (N-methyl/N-ethyl adjacent to an activating group) is 1. The second-order valence-electron chi connectivity index (χ2n) is 6.37. The highest BCUT2D eigenvalue weighted by atomic mass is 15.2. The Morgan fingerprint density at radius 3 is 2.83 bits per heavy atom. The molecule has 0 aromatic heterocycles. The van der Waals surface area contributed by atoms with Crippen molar-refractivity contribution in [3.05, 3.63) is 48.0 Å². The van der Waals surface area contributed by atoms with E-state index < -0.39 is 0 Å². The van der Waals surface area contributed by atoms with Gasteiger partial charge in [-0.15, -0.1) is 0 Å². The third kappa shape index (κ3) is 3.88. The molecule has 0 bridgehead atoms. The zero-order valence-electron chi connectivity index (χ0n) is 14.8. The predicted molar refractivity (Wildman–Crippen MR) is 102 cm³/mol. The fraction of sp³-hybridized carbons (Fsp3) is 0.450. The smallest absolute Gasteiger partial charge is 0.191 e. The number of nitrogens with zero attached hydrogens (tertiary/aromatic N) is 2. The van der Waals surface area contributed by atoms with Crippen molar-refractivity contribution in [2.45, 2.75) is 32.4 Å². The summed E-state index contributed by atoms with van der Waals surface area (Å²) in [4.78, 5) is 6.92. The van der Waals surface area contributed by atoms with Crippen LogP contribution in [0.1, 0.15) is 25.3 Å². The molecule has 1 fully saturated rings. The van der Waals surface area contributed by atoms with E-state index in [1.54, 1.807) is 0 Å². The molecule has 1 heterocycles. The lowest BCUT2D eigenvalue weighted by molar-refractivity contribution is 0.267. The fourth-order valence-electron chi connectivity index (χ4n) is 3.60. The Kier molecular flexibility index (Phi) is 5.70. The molecule has 1 unspecified atom stereocenters. The number of likely N-dealkylation sites (tertiary alicyclic amines) is 1. The van der Waals surface area contributed by atoms with Crippen LogP contribution >= 0.6 is 0 Å². The maximum Gasteiger partial charge on any atom is 0.191 e. The van der Waals surface area contributed by atoms with Gasteiger partial charge in [0.25, 0.3) is 0 Å². The summed E-state index contributed by atoms with van der Waals surface area (Å²) >= 11 is 0. The van der Waals surface area contributed by atoms with Gasteiger partial charge in [0, 0.05) is 26.2 Å². The lowest BCUT2D eigenvalue weighted by Gasteiger charge is -2.24. The number of fused-ring (bicyclic) bond motifs is 1.